The van der Waals surface area contributed by atoms with Gasteiger partial charge in [0.1, 0.15) is 17.2 Å². The molecule has 1 aromatic carbocycles. The second-order valence-electron chi connectivity index (χ2n) is 6.52. The fraction of sp³-hybridized carbons (Fsp3) is 0.190. The van der Waals surface area contributed by atoms with Gasteiger partial charge in [0.2, 0.25) is 5.91 Å². The molecular weight excluding hydrogens is 393 g/mol. The molecular formula is C21H18FN3O3S. The minimum atomic E-state index is -0.666. The van der Waals surface area contributed by atoms with Gasteiger partial charge in [-0.15, -0.1) is 11.8 Å². The molecule has 2 amide bonds. The van der Waals surface area contributed by atoms with Crippen LogP contribution in [0.5, 0.6) is 0 Å². The summed E-state index contributed by atoms with van der Waals surface area (Å²) in [6, 6.07) is 11.9. The number of amides is 2. The van der Waals surface area contributed by atoms with Gasteiger partial charge >= 0.3 is 0 Å². The Hall–Kier alpha value is -3.13. The number of hydrogen-bond donors (Lipinski definition) is 1. The largest absolute Gasteiger partial charge is 0.472 e. The molecule has 2 aromatic heterocycles. The number of nitrogens with one attached hydrogen (secondary N) is 1. The summed E-state index contributed by atoms with van der Waals surface area (Å²) >= 11 is 1.49. The zero-order valence-corrected chi connectivity index (χ0v) is 16.1. The molecule has 2 unspecified atom stereocenters. The first kappa shape index (κ1) is 19.2. The fourth-order valence-corrected chi connectivity index (χ4v) is 4.57. The molecule has 0 bridgehead atoms. The van der Waals surface area contributed by atoms with Gasteiger partial charge in [0, 0.05) is 23.1 Å². The fourth-order valence-electron chi connectivity index (χ4n) is 3.17. The van der Waals surface area contributed by atoms with Gasteiger partial charge in [-0.25, -0.2) is 4.39 Å². The summed E-state index contributed by atoms with van der Waals surface area (Å²) < 4.78 is 18.5. The normalized spacial score (nSPS) is 18.6. The Bertz CT molecular complexity index is 980. The number of furan rings is 1. The van der Waals surface area contributed by atoms with Crippen molar-refractivity contribution >= 4 is 23.6 Å². The Kier molecular flexibility index (Phi) is 5.62. The van der Waals surface area contributed by atoms with Gasteiger partial charge < -0.3 is 14.6 Å². The van der Waals surface area contributed by atoms with E-state index in [0.29, 0.717) is 11.3 Å². The van der Waals surface area contributed by atoms with Crippen molar-refractivity contribution in [1.82, 2.24) is 15.2 Å². The van der Waals surface area contributed by atoms with E-state index in [0.717, 1.165) is 11.3 Å². The predicted octanol–water partition coefficient (Wildman–Crippen LogP) is 3.39. The van der Waals surface area contributed by atoms with Crippen molar-refractivity contribution in [3.63, 3.8) is 0 Å². The molecule has 1 N–H and O–H groups in total. The molecule has 1 aliphatic heterocycles. The minimum absolute atomic E-state index is 0.260. The van der Waals surface area contributed by atoms with Crippen LogP contribution < -0.4 is 5.32 Å². The molecule has 4 rings (SSSR count). The maximum atomic E-state index is 13.3. The Morgan fingerprint density at radius 2 is 2.03 bits per heavy atom. The van der Waals surface area contributed by atoms with Crippen molar-refractivity contribution in [2.45, 2.75) is 18.0 Å². The Labute approximate surface area is 171 Å². The third-order valence-electron chi connectivity index (χ3n) is 4.63. The highest BCUT2D eigenvalue weighted by Gasteiger charge is 2.42. The molecule has 29 heavy (non-hydrogen) atoms. The van der Waals surface area contributed by atoms with Crippen LogP contribution in [-0.4, -0.2) is 33.5 Å². The van der Waals surface area contributed by atoms with Gasteiger partial charge in [-0.1, -0.05) is 6.07 Å². The zero-order valence-electron chi connectivity index (χ0n) is 15.3. The Morgan fingerprint density at radius 3 is 2.72 bits per heavy atom. The number of carbonyl (C=O) groups is 2. The van der Waals surface area contributed by atoms with Crippen LogP contribution in [-0.2, 0) is 11.3 Å². The van der Waals surface area contributed by atoms with Gasteiger partial charge in [0.05, 0.1) is 24.8 Å². The van der Waals surface area contributed by atoms with Crippen molar-refractivity contribution in [2.75, 3.05) is 5.75 Å². The van der Waals surface area contributed by atoms with Crippen molar-refractivity contribution in [3.05, 3.63) is 89.9 Å². The molecule has 3 heterocycles. The summed E-state index contributed by atoms with van der Waals surface area (Å²) in [5.74, 6) is -0.575. The Morgan fingerprint density at radius 1 is 1.21 bits per heavy atom. The SMILES string of the molecule is O=C(NCc1ccccn1)C1CSC(c2ccoc2)N1C(=O)c1ccc(F)cc1. The highest BCUT2D eigenvalue weighted by Crippen LogP contribution is 2.42. The molecule has 148 valence electrons. The number of carbonyl (C=O) groups excluding carboxylic acids is 2. The highest BCUT2D eigenvalue weighted by molar-refractivity contribution is 7.99. The van der Waals surface area contributed by atoms with Gasteiger partial charge in [-0.2, -0.15) is 0 Å². The third-order valence-corrected chi connectivity index (χ3v) is 5.95. The van der Waals surface area contributed by atoms with E-state index >= 15 is 0 Å². The van der Waals surface area contributed by atoms with Crippen molar-refractivity contribution in [1.29, 1.82) is 0 Å². The lowest BCUT2D eigenvalue weighted by atomic mass is 10.1. The van der Waals surface area contributed by atoms with Crippen LogP contribution in [0.2, 0.25) is 0 Å². The van der Waals surface area contributed by atoms with E-state index in [2.05, 4.69) is 10.3 Å². The van der Waals surface area contributed by atoms with Crippen LogP contribution in [0.1, 0.15) is 27.0 Å². The second-order valence-corrected chi connectivity index (χ2v) is 7.63. The van der Waals surface area contributed by atoms with Crippen LogP contribution in [0.4, 0.5) is 4.39 Å². The van der Waals surface area contributed by atoms with E-state index in [1.165, 1.54) is 47.2 Å². The van der Waals surface area contributed by atoms with E-state index in [4.69, 9.17) is 4.42 Å². The summed E-state index contributed by atoms with van der Waals surface area (Å²) in [7, 11) is 0. The molecule has 1 aliphatic rings. The molecule has 2 atom stereocenters. The van der Waals surface area contributed by atoms with Gasteiger partial charge in [-0.05, 0) is 42.5 Å². The van der Waals surface area contributed by atoms with E-state index in [1.54, 1.807) is 24.6 Å². The molecule has 0 radical (unpaired) electrons. The van der Waals surface area contributed by atoms with Crippen LogP contribution in [0.25, 0.3) is 0 Å². The highest BCUT2D eigenvalue weighted by atomic mass is 32.2. The number of aromatic nitrogens is 1. The van der Waals surface area contributed by atoms with Crippen molar-refractivity contribution < 1.29 is 18.4 Å². The molecule has 0 aliphatic carbocycles. The first-order valence-corrected chi connectivity index (χ1v) is 10.1. The van der Waals surface area contributed by atoms with Gasteiger partial charge in [0.15, 0.2) is 0 Å². The lowest BCUT2D eigenvalue weighted by molar-refractivity contribution is -0.125. The summed E-state index contributed by atoms with van der Waals surface area (Å²) in [5.41, 5.74) is 1.85. The Balaban J connectivity index is 1.57. The molecule has 1 saturated heterocycles. The van der Waals surface area contributed by atoms with E-state index < -0.39 is 11.9 Å². The first-order chi connectivity index (χ1) is 14.1. The number of nitrogens with zero attached hydrogens (tertiary/aromatic N) is 2. The molecule has 6 nitrogen and oxygen atoms in total. The van der Waals surface area contributed by atoms with Crippen molar-refractivity contribution in [3.8, 4) is 0 Å². The standard InChI is InChI=1S/C21H18FN3O3S/c22-16-6-4-14(5-7-16)20(27)25-18(13-29-21(25)15-8-10-28-12-15)19(26)24-11-17-3-1-2-9-23-17/h1-10,12,18,21H,11,13H2,(H,24,26). The number of benzene rings is 1. The topological polar surface area (TPSA) is 75.4 Å². The molecule has 8 heteroatoms. The lowest BCUT2D eigenvalue weighted by Crippen LogP contribution is -2.47. The number of hydrogen-bond acceptors (Lipinski definition) is 5. The average molecular weight is 411 g/mol. The van der Waals surface area contributed by atoms with E-state index in [-0.39, 0.29) is 23.7 Å². The molecule has 0 saturated carbocycles. The monoisotopic (exact) mass is 411 g/mol. The van der Waals surface area contributed by atoms with Gasteiger partial charge in [0.25, 0.3) is 5.91 Å². The third kappa shape index (κ3) is 4.17. The van der Waals surface area contributed by atoms with Crippen LogP contribution >= 0.6 is 11.8 Å². The summed E-state index contributed by atoms with van der Waals surface area (Å²) in [4.78, 5) is 31.9. The van der Waals surface area contributed by atoms with Crippen molar-refractivity contribution in [2.24, 2.45) is 0 Å². The number of thioether (sulfide) groups is 1. The quantitative estimate of drug-likeness (QED) is 0.697. The average Bonchev–Trinajstić information content (AvgIpc) is 3.42. The minimum Gasteiger partial charge on any atom is -0.472 e. The number of halogens is 1. The molecule has 3 aromatic rings. The summed E-state index contributed by atoms with van der Waals surface area (Å²) in [6.07, 6.45) is 4.76. The van der Waals surface area contributed by atoms with E-state index in [9.17, 15) is 14.0 Å². The van der Waals surface area contributed by atoms with Gasteiger partial charge in [-0.3, -0.25) is 14.6 Å². The second kappa shape index (κ2) is 8.48. The maximum absolute atomic E-state index is 13.3. The zero-order chi connectivity index (χ0) is 20.2. The molecule has 0 spiro atoms. The maximum Gasteiger partial charge on any atom is 0.255 e. The lowest BCUT2D eigenvalue weighted by Gasteiger charge is -2.28. The summed E-state index contributed by atoms with van der Waals surface area (Å²) in [5, 5.41) is 2.50. The number of pyridine rings is 1. The smallest absolute Gasteiger partial charge is 0.255 e. The van der Waals surface area contributed by atoms with E-state index in [1.807, 2.05) is 12.1 Å². The van der Waals surface area contributed by atoms with Crippen LogP contribution in [0.15, 0.2) is 71.7 Å². The number of rotatable bonds is 5. The summed E-state index contributed by atoms with van der Waals surface area (Å²) in [6.45, 7) is 0.274. The van der Waals surface area contributed by atoms with Crippen LogP contribution in [0, 0.1) is 5.82 Å². The van der Waals surface area contributed by atoms with Crippen LogP contribution in [0.3, 0.4) is 0 Å². The first-order valence-electron chi connectivity index (χ1n) is 9.03. The molecule has 1 fully saturated rings. The predicted molar refractivity (Wildman–Crippen MR) is 106 cm³/mol.